The van der Waals surface area contributed by atoms with Gasteiger partial charge in [0.05, 0.1) is 79.5 Å². The lowest BCUT2D eigenvalue weighted by Crippen LogP contribution is -2.63. The van der Waals surface area contributed by atoms with Crippen molar-refractivity contribution in [3.05, 3.63) is 83.8 Å². The Hall–Kier alpha value is -8.17. The van der Waals surface area contributed by atoms with Crippen LogP contribution in [-0.2, 0) is 51.2 Å². The van der Waals surface area contributed by atoms with Gasteiger partial charge >= 0.3 is 0 Å². The van der Waals surface area contributed by atoms with Crippen molar-refractivity contribution >= 4 is 64.1 Å². The predicted octanol–water partition coefficient (Wildman–Crippen LogP) is -6.66. The Bertz CT molecular complexity index is 3470. The number of benzene rings is 2. The first-order valence-electron chi connectivity index (χ1n) is 40.4. The molecule has 0 spiro atoms. The van der Waals surface area contributed by atoms with Gasteiger partial charge < -0.3 is 127 Å². The van der Waals surface area contributed by atoms with Gasteiger partial charge in [0, 0.05) is 80.9 Å². The monoisotopic (exact) mass is 1640 g/mol. The van der Waals surface area contributed by atoms with Crippen molar-refractivity contribution in [2.75, 3.05) is 39.8 Å². The van der Waals surface area contributed by atoms with Crippen molar-refractivity contribution in [1.29, 1.82) is 0 Å². The SMILES string of the molecule is CCCCCCCC(=O)NC[C@H](O)N[C@@H](CO)C(=O)N[C@H](CCC(N)=O)[C@H](O)N[C@@H](C/C(N)=C/[NH3+])C(=O)N[C@@H](C(C)O)[C@H](O)N[C@@H](CCCC)[C@@H](C)O.CN[C@H]1CCC(=O)NCCCC[C@@H](C(N)=O)N[C@@H](O)[C@H](Cc2c[nH]c3ccccc23)N[C@@H](O)[C@H](CCCN=C(N)N)N[C@@H](O)[C@@H](Cc2ccccc2)NC(=O)[C@@H]2C[C@@H](O)CN2C1=O. The number of primary amides is 2. The second-order valence-electron chi connectivity index (χ2n) is 30.0. The smallest absolute Gasteiger partial charge is 0.243 e. The number of nitrogens with zero attached hydrogens (tertiary/aromatic N) is 2. The van der Waals surface area contributed by atoms with Crippen LogP contribution in [-0.4, -0.2) is 276 Å². The van der Waals surface area contributed by atoms with Gasteiger partial charge in [-0.05, 0) is 109 Å². The number of quaternary nitrogens is 1. The van der Waals surface area contributed by atoms with E-state index < -0.39 is 164 Å². The number of rotatable bonds is 41. The molecule has 116 heavy (non-hydrogen) atoms. The number of aromatic amines is 1. The summed E-state index contributed by atoms with van der Waals surface area (Å²) in [5, 5.41) is 144. The number of hydrogen-bond acceptors (Lipinski definition) is 27. The Morgan fingerprint density at radius 2 is 1.37 bits per heavy atom. The number of aliphatic imine (C=N–C) groups is 1. The van der Waals surface area contributed by atoms with Gasteiger partial charge in [0.25, 0.3) is 0 Å². The summed E-state index contributed by atoms with van der Waals surface area (Å²) in [6.07, 6.45) is -0.514. The molecule has 36 N–H and O–H groups in total. The first kappa shape index (κ1) is 100. The number of H-pyrrole nitrogens is 1. The molecule has 0 radical (unpaired) electrons. The van der Waals surface area contributed by atoms with E-state index in [0.717, 1.165) is 60.6 Å². The quantitative estimate of drug-likeness (QED) is 0.0109. The van der Waals surface area contributed by atoms with Crippen LogP contribution in [0.2, 0.25) is 0 Å². The van der Waals surface area contributed by atoms with Crippen molar-refractivity contribution in [3.63, 3.8) is 0 Å². The van der Waals surface area contributed by atoms with Crippen molar-refractivity contribution in [3.8, 4) is 0 Å². The molecule has 39 nitrogen and oxygen atoms in total. The van der Waals surface area contributed by atoms with E-state index in [1.807, 2.05) is 61.5 Å². The number of amides is 8. The summed E-state index contributed by atoms with van der Waals surface area (Å²) < 4.78 is 0. The van der Waals surface area contributed by atoms with Crippen LogP contribution in [0.25, 0.3) is 10.9 Å². The van der Waals surface area contributed by atoms with Crippen molar-refractivity contribution in [1.82, 2.24) is 73.7 Å². The molecule has 8 amide bonds. The van der Waals surface area contributed by atoms with E-state index in [2.05, 4.69) is 86.4 Å². The molecule has 3 aromatic rings. The van der Waals surface area contributed by atoms with Gasteiger partial charge in [0.2, 0.25) is 47.3 Å². The van der Waals surface area contributed by atoms with Crippen LogP contribution in [0.15, 0.2) is 77.7 Å². The van der Waals surface area contributed by atoms with Gasteiger partial charge in [-0.2, -0.15) is 0 Å². The Labute approximate surface area is 678 Å². The van der Waals surface area contributed by atoms with Crippen LogP contribution in [0.4, 0.5) is 0 Å². The highest BCUT2D eigenvalue weighted by atomic mass is 16.3. The van der Waals surface area contributed by atoms with Gasteiger partial charge in [0.15, 0.2) is 5.96 Å². The number of fused-ring (bicyclic) bond motifs is 2. The lowest BCUT2D eigenvalue weighted by atomic mass is 10.00. The maximum absolute atomic E-state index is 14.2. The Morgan fingerprint density at radius 1 is 0.707 bits per heavy atom. The molecular formula is C77H136N21O18+. The minimum Gasteiger partial charge on any atom is -0.398 e. The average molecular weight is 1640 g/mol. The minimum absolute atomic E-state index is 0.00294. The molecular weight excluding hydrogens is 1510 g/mol. The maximum atomic E-state index is 14.2. The van der Waals surface area contributed by atoms with Gasteiger partial charge in [-0.1, -0.05) is 101 Å². The fourth-order valence-corrected chi connectivity index (χ4v) is 13.7. The van der Waals surface area contributed by atoms with Crippen LogP contribution in [0.5, 0.6) is 0 Å². The number of carbonyl (C=O) groups excluding carboxylic acids is 8. The third kappa shape index (κ3) is 36.4. The highest BCUT2D eigenvalue weighted by molar-refractivity contribution is 5.91. The summed E-state index contributed by atoms with van der Waals surface area (Å²) in [6, 6.07) is 5.10. The van der Waals surface area contributed by atoms with Crippen LogP contribution >= 0.6 is 0 Å². The lowest BCUT2D eigenvalue weighted by molar-refractivity contribution is -0.276. The summed E-state index contributed by atoms with van der Waals surface area (Å²) >= 11 is 0. The van der Waals surface area contributed by atoms with Gasteiger partial charge in [0.1, 0.15) is 55.7 Å². The Morgan fingerprint density at radius 3 is 2.02 bits per heavy atom. The summed E-state index contributed by atoms with van der Waals surface area (Å²) in [5.74, 6) is -4.91. The highest BCUT2D eigenvalue weighted by Gasteiger charge is 2.43. The summed E-state index contributed by atoms with van der Waals surface area (Å²) in [7, 11) is 1.58. The molecule has 5 rings (SSSR count). The van der Waals surface area contributed by atoms with E-state index in [0.29, 0.717) is 32.1 Å². The molecule has 656 valence electrons. The zero-order valence-corrected chi connectivity index (χ0v) is 67.7. The highest BCUT2D eigenvalue weighted by Crippen LogP contribution is 2.24. The molecule has 2 saturated heterocycles. The molecule has 20 atom stereocenters. The van der Waals surface area contributed by atoms with Crippen molar-refractivity contribution < 1.29 is 95.2 Å². The number of carbonyl (C=O) groups is 8. The number of likely N-dealkylation sites (N-methyl/N-ethyl adjacent to an activating group) is 1. The maximum Gasteiger partial charge on any atom is 0.243 e. The molecule has 39 heteroatoms. The minimum atomic E-state index is -1.73. The van der Waals surface area contributed by atoms with E-state index in [1.54, 1.807) is 20.2 Å². The van der Waals surface area contributed by atoms with E-state index in [4.69, 9.17) is 28.7 Å². The Kier molecular flexibility index (Phi) is 46.7. The average Bonchev–Trinajstić information content (AvgIpc) is 1.65. The second-order valence-corrected chi connectivity index (χ2v) is 30.0. The summed E-state index contributed by atoms with van der Waals surface area (Å²) in [4.78, 5) is 113. The normalized spacial score (nSPS) is 23.8. The number of para-hydroxylation sites is 1. The molecule has 0 aliphatic carbocycles. The first-order chi connectivity index (χ1) is 55.2. The van der Waals surface area contributed by atoms with Gasteiger partial charge in [-0.25, -0.2) is 0 Å². The number of nitrogens with one attached hydrogen (secondary N) is 13. The molecule has 2 aliphatic heterocycles. The number of nitrogens with two attached hydrogens (primary N) is 5. The van der Waals surface area contributed by atoms with Crippen LogP contribution < -0.4 is 98.2 Å². The molecule has 3 heterocycles. The predicted molar refractivity (Wildman–Crippen MR) is 434 cm³/mol. The molecule has 2 aromatic carbocycles. The largest absolute Gasteiger partial charge is 0.398 e. The molecule has 0 saturated carbocycles. The van der Waals surface area contributed by atoms with Gasteiger partial charge in [-0.3, -0.25) is 75.2 Å². The fourth-order valence-electron chi connectivity index (χ4n) is 13.7. The summed E-state index contributed by atoms with van der Waals surface area (Å²) in [6.45, 7) is 6.31. The summed E-state index contributed by atoms with van der Waals surface area (Å²) in [5.41, 5.74) is 34.4. The van der Waals surface area contributed by atoms with Crippen molar-refractivity contribution in [2.24, 2.45) is 33.7 Å². The number of aromatic nitrogens is 1. The van der Waals surface area contributed by atoms with Crippen LogP contribution in [0, 0.1) is 0 Å². The zero-order chi connectivity index (χ0) is 86.0. The third-order valence-electron chi connectivity index (χ3n) is 20.4. The molecule has 1 unspecified atom stereocenters. The molecule has 0 bridgehead atoms. The number of guanidine groups is 1. The number of aliphatic hydroxyl groups excluding tert-OH is 10. The topological polar surface area (TPSA) is 672 Å². The lowest BCUT2D eigenvalue weighted by Gasteiger charge is -2.36. The van der Waals surface area contributed by atoms with Crippen LogP contribution in [0.3, 0.4) is 0 Å². The van der Waals surface area contributed by atoms with Crippen LogP contribution in [0.1, 0.15) is 167 Å². The molecule has 2 fully saturated rings. The second kappa shape index (κ2) is 54.0. The molecule has 1 aromatic heterocycles. The fraction of sp³-hybridized carbons (Fsp3) is 0.675. The van der Waals surface area contributed by atoms with E-state index >= 15 is 0 Å². The first-order valence-corrected chi connectivity index (χ1v) is 40.4. The number of hydrogen-bond donors (Lipinski definition) is 29. The number of unbranched alkanes of at least 4 members (excludes halogenated alkanes) is 5. The van der Waals surface area contributed by atoms with E-state index in [1.165, 1.54) is 18.0 Å². The number of aliphatic hydroxyl groups is 10. The molecule has 2 aliphatic rings. The standard InChI is InChI=1S/C43H66N12O8.C34H69N9O10/c1-47-32-16-17-36(57)48-18-8-7-14-30(37(44)58)51-40(61)34(21-26-23-50-29-13-6-5-12-28(26)29)53-38(59)31(15-9-19-49-43(45)46)52-39(60)33(20-25-10-3-2-4-11-25)54-41(62)35-22-27(56)24-55(35)42(32)63;1-5-7-9-10-11-13-28(48)38-18-29(49)39-26(19-44)33(52)41-24(14-15-27(37)47)31(50)42-25(16-22(36)17-35)32(51)43-30(21(4)46)34(53)40-23(20(3)45)12-8-6-2/h2-6,10-13,23,27,30-35,38-40,47,50-53,56,59-61H,7-9,14-22,24H2,1H3,(H2,44,58)(H,48,57)(H,54,62)(H4,45,46,49);17,20-21,23-26,29-31,34,39-40,42,44-46,49-50,53H,5-16,18-19,35-36H2,1-4H3,(H2,37,47)(H,38,48)(H,41,52)(H,43,51)/p+1/b;22-17-/t27-,30+,31+,32+,33-,34+,35+,38+,39+,40+;20-,21?,23+,24-,25+,26+,29+,30+,31+,34+/m11/s1. The van der Waals surface area contributed by atoms with Crippen molar-refractivity contribution in [2.45, 2.75) is 291 Å². The van der Waals surface area contributed by atoms with E-state index in [-0.39, 0.29) is 120 Å². The zero-order valence-electron chi connectivity index (χ0n) is 67.7. The third-order valence-corrected chi connectivity index (χ3v) is 20.4. The Balaban J connectivity index is 0.000000497. The van der Waals surface area contributed by atoms with Gasteiger partial charge in [-0.15, -0.1) is 0 Å². The van der Waals surface area contributed by atoms with E-state index in [9.17, 15) is 89.4 Å².